The van der Waals surface area contributed by atoms with Crippen molar-refractivity contribution < 1.29 is 27.5 Å². The Labute approximate surface area is 319 Å². The van der Waals surface area contributed by atoms with E-state index in [1.165, 1.54) is 11.8 Å². The van der Waals surface area contributed by atoms with Gasteiger partial charge < -0.3 is 15.0 Å². The van der Waals surface area contributed by atoms with Gasteiger partial charge in [0.25, 0.3) is 5.91 Å². The highest BCUT2D eigenvalue weighted by molar-refractivity contribution is 5.93. The molecule has 3 fully saturated rings. The Hall–Kier alpha value is -4.76. The van der Waals surface area contributed by atoms with E-state index in [2.05, 4.69) is 65.7 Å². The van der Waals surface area contributed by atoms with Crippen molar-refractivity contribution in [3.63, 3.8) is 0 Å². The van der Waals surface area contributed by atoms with Crippen LogP contribution in [0.5, 0.6) is 0 Å². The minimum absolute atomic E-state index is 0.116. The molecule has 2 N–H and O–H groups in total. The molecule has 3 aliphatic heterocycles. The fourth-order valence-corrected chi connectivity index (χ4v) is 7.71. The van der Waals surface area contributed by atoms with E-state index in [0.29, 0.717) is 11.6 Å². The van der Waals surface area contributed by atoms with Crippen LogP contribution in [0, 0.1) is 12.3 Å². The molecule has 4 aromatic rings. The Bertz CT molecular complexity index is 2010. The average molecular weight is 762 g/mol. The van der Waals surface area contributed by atoms with Gasteiger partial charge >= 0.3 is 12.3 Å². The third kappa shape index (κ3) is 8.27. The van der Waals surface area contributed by atoms with Gasteiger partial charge in [-0.15, -0.1) is 0 Å². The molecule has 2 amide bonds. The maximum atomic E-state index is 13.3. The van der Waals surface area contributed by atoms with Crippen molar-refractivity contribution in [2.75, 3.05) is 39.3 Å². The molecule has 294 valence electrons. The van der Waals surface area contributed by atoms with Crippen LogP contribution >= 0.6 is 0 Å². The van der Waals surface area contributed by atoms with Crippen molar-refractivity contribution in [1.82, 2.24) is 45.0 Å². The molecular formula is C40H50F3N9O3. The fraction of sp³-hybridized carbons (Fsp3) is 0.525. The van der Waals surface area contributed by atoms with E-state index in [1.54, 1.807) is 10.9 Å². The lowest BCUT2D eigenvalue weighted by Gasteiger charge is -2.62. The minimum atomic E-state index is -4.52. The monoisotopic (exact) mass is 761 g/mol. The van der Waals surface area contributed by atoms with E-state index < -0.39 is 23.1 Å². The summed E-state index contributed by atoms with van der Waals surface area (Å²) in [6.45, 7) is 16.4. The summed E-state index contributed by atoms with van der Waals surface area (Å²) in [7, 11) is 0. The molecule has 0 unspecified atom stereocenters. The van der Waals surface area contributed by atoms with Crippen LogP contribution in [0.4, 0.5) is 18.0 Å². The molecule has 5 heterocycles. The number of carbonyl (C=O) groups excluding carboxylic acids is 2. The number of halogens is 3. The van der Waals surface area contributed by atoms with Gasteiger partial charge in [0, 0.05) is 50.4 Å². The Morgan fingerprint density at radius 3 is 2.27 bits per heavy atom. The van der Waals surface area contributed by atoms with E-state index in [4.69, 9.17) is 4.74 Å². The summed E-state index contributed by atoms with van der Waals surface area (Å²) in [6.07, 6.45) is 0.670. The molecule has 2 aromatic heterocycles. The number of alkyl halides is 3. The van der Waals surface area contributed by atoms with Crippen molar-refractivity contribution in [2.24, 2.45) is 5.41 Å². The SMILES string of the molecule is Cc1cc(-c2ccc(CN3CCC(N4CC5(CN(C(=O)OC(C)(C)C)C5)C4)CC3)cc2)ccc1-n1cc(C(=O)NCc2nc(C(C)(C)C(F)(F)F)n[nH]2)cn1. The van der Waals surface area contributed by atoms with Gasteiger partial charge in [0.05, 0.1) is 24.0 Å². The first-order valence-electron chi connectivity index (χ1n) is 18.8. The van der Waals surface area contributed by atoms with Crippen molar-refractivity contribution in [3.8, 4) is 16.8 Å². The van der Waals surface area contributed by atoms with Gasteiger partial charge in [0.15, 0.2) is 5.82 Å². The molecule has 12 nitrogen and oxygen atoms in total. The van der Waals surface area contributed by atoms with Gasteiger partial charge in [-0.05, 0) is 102 Å². The number of aryl methyl sites for hydroxylation is 1. The minimum Gasteiger partial charge on any atom is -0.444 e. The molecule has 55 heavy (non-hydrogen) atoms. The Balaban J connectivity index is 0.862. The average Bonchev–Trinajstić information content (AvgIpc) is 3.77. The third-order valence-corrected chi connectivity index (χ3v) is 11.1. The zero-order valence-electron chi connectivity index (χ0n) is 32.3. The molecule has 7 rings (SSSR count). The zero-order chi connectivity index (χ0) is 39.3. The van der Waals surface area contributed by atoms with Crippen LogP contribution in [-0.2, 0) is 23.2 Å². The Kier molecular flexibility index (Phi) is 10.1. The summed E-state index contributed by atoms with van der Waals surface area (Å²) in [6, 6.07) is 15.4. The second-order valence-corrected chi connectivity index (χ2v) is 17.0. The molecule has 3 aliphatic rings. The number of ether oxygens (including phenoxy) is 1. The Morgan fingerprint density at radius 2 is 1.64 bits per heavy atom. The molecule has 1 spiro atoms. The highest BCUT2D eigenvalue weighted by atomic mass is 19.4. The lowest BCUT2D eigenvalue weighted by molar-refractivity contribution is -0.182. The molecular weight excluding hydrogens is 711 g/mol. The lowest BCUT2D eigenvalue weighted by Crippen LogP contribution is -2.74. The van der Waals surface area contributed by atoms with Crippen LogP contribution in [0.15, 0.2) is 54.9 Å². The van der Waals surface area contributed by atoms with Crippen molar-refractivity contribution in [2.45, 2.75) is 90.7 Å². The topological polar surface area (TPSA) is 125 Å². The number of hydrogen-bond donors (Lipinski definition) is 2. The second-order valence-electron chi connectivity index (χ2n) is 17.0. The van der Waals surface area contributed by atoms with Crippen molar-refractivity contribution >= 4 is 12.0 Å². The van der Waals surface area contributed by atoms with E-state index in [-0.39, 0.29) is 29.7 Å². The first-order chi connectivity index (χ1) is 25.9. The number of likely N-dealkylation sites (tertiary alicyclic amines) is 3. The standard InChI is InChI=1S/C40H50F3N9O3/c1-26-17-29(11-12-32(26)52-21-30(18-45-52)34(53)44-19-33-46-35(48-47-33)38(5,6)40(41,42)43)28-9-7-27(8-10-28)20-49-15-13-31(14-16-49)50-22-39(23-50)24-51(25-39)36(54)55-37(2,3)4/h7-12,17-18,21,31H,13-16,19-20,22-25H2,1-6H3,(H,44,53)(H,46,47,48). The number of rotatable bonds is 9. The largest absolute Gasteiger partial charge is 0.444 e. The number of amides is 2. The van der Waals surface area contributed by atoms with E-state index in [1.807, 2.05) is 44.7 Å². The number of nitrogens with zero attached hydrogens (tertiary/aromatic N) is 7. The quantitative estimate of drug-likeness (QED) is 0.205. The molecule has 0 atom stereocenters. The fourth-order valence-electron chi connectivity index (χ4n) is 7.71. The van der Waals surface area contributed by atoms with Crippen molar-refractivity contribution in [3.05, 3.63) is 83.2 Å². The van der Waals surface area contributed by atoms with Crippen LogP contribution in [0.1, 0.15) is 80.6 Å². The summed E-state index contributed by atoms with van der Waals surface area (Å²) in [5.41, 5.74) is 3.14. The van der Waals surface area contributed by atoms with Crippen LogP contribution in [0.2, 0.25) is 0 Å². The van der Waals surface area contributed by atoms with Gasteiger partial charge in [0.1, 0.15) is 16.8 Å². The smallest absolute Gasteiger partial charge is 0.410 e. The van der Waals surface area contributed by atoms with Gasteiger partial charge in [-0.3, -0.25) is 19.7 Å². The number of H-pyrrole nitrogens is 1. The second kappa shape index (κ2) is 14.4. The summed E-state index contributed by atoms with van der Waals surface area (Å²) in [4.78, 5) is 36.1. The number of hydrogen-bond acceptors (Lipinski definition) is 8. The molecule has 3 saturated heterocycles. The molecule has 2 aromatic carbocycles. The number of aromatic nitrogens is 5. The zero-order valence-corrected chi connectivity index (χ0v) is 32.3. The van der Waals surface area contributed by atoms with Gasteiger partial charge in [-0.25, -0.2) is 14.5 Å². The summed E-state index contributed by atoms with van der Waals surface area (Å²) < 4.78 is 47.2. The number of nitrogens with one attached hydrogen (secondary N) is 2. The lowest BCUT2D eigenvalue weighted by atomic mass is 9.72. The van der Waals surface area contributed by atoms with E-state index in [0.717, 1.165) is 94.9 Å². The van der Waals surface area contributed by atoms with E-state index in [9.17, 15) is 22.8 Å². The predicted molar refractivity (Wildman–Crippen MR) is 200 cm³/mol. The maximum absolute atomic E-state index is 13.3. The van der Waals surface area contributed by atoms with Crippen LogP contribution < -0.4 is 5.32 Å². The molecule has 0 saturated carbocycles. The van der Waals surface area contributed by atoms with Gasteiger partial charge in [0.2, 0.25) is 0 Å². The predicted octanol–water partition coefficient (Wildman–Crippen LogP) is 6.25. The molecule has 0 aliphatic carbocycles. The van der Waals surface area contributed by atoms with Gasteiger partial charge in [-0.2, -0.15) is 23.4 Å². The van der Waals surface area contributed by atoms with Gasteiger partial charge in [-0.1, -0.05) is 30.3 Å². The van der Waals surface area contributed by atoms with E-state index >= 15 is 0 Å². The Morgan fingerprint density at radius 1 is 0.964 bits per heavy atom. The van der Waals surface area contributed by atoms with Crippen LogP contribution in [-0.4, -0.2) is 109 Å². The number of benzene rings is 2. The molecule has 0 radical (unpaired) electrons. The highest BCUT2D eigenvalue weighted by Crippen LogP contribution is 2.43. The molecule has 15 heteroatoms. The van der Waals surface area contributed by atoms with Crippen LogP contribution in [0.3, 0.4) is 0 Å². The summed E-state index contributed by atoms with van der Waals surface area (Å²) in [5, 5.41) is 13.2. The first kappa shape index (κ1) is 38.5. The third-order valence-electron chi connectivity index (χ3n) is 11.1. The number of piperidine rings is 1. The maximum Gasteiger partial charge on any atom is 0.410 e. The van der Waals surface area contributed by atoms with Crippen LogP contribution in [0.25, 0.3) is 16.8 Å². The number of carbonyl (C=O) groups is 2. The molecule has 0 bridgehead atoms. The summed E-state index contributed by atoms with van der Waals surface area (Å²) >= 11 is 0. The highest BCUT2D eigenvalue weighted by Gasteiger charge is 2.55. The van der Waals surface area contributed by atoms with Crippen molar-refractivity contribution in [1.29, 1.82) is 0 Å². The normalized spacial score (nSPS) is 18.2. The number of aromatic amines is 1. The summed E-state index contributed by atoms with van der Waals surface area (Å²) in [5.74, 6) is -0.708. The first-order valence-corrected chi connectivity index (χ1v) is 18.8.